The molecule has 6 nitrogen and oxygen atoms in total. The third-order valence-electron chi connectivity index (χ3n) is 4.21. The molecular weight excluding hydrogens is 345 g/mol. The number of carbonyl (C=O) groups is 2. The Kier molecular flexibility index (Phi) is 6.88. The maximum Gasteiger partial charge on any atom is 0.307 e. The van der Waals surface area contributed by atoms with Crippen LogP contribution in [0, 0.1) is 0 Å². The van der Waals surface area contributed by atoms with Gasteiger partial charge in [-0.2, -0.15) is 0 Å². The van der Waals surface area contributed by atoms with Crippen LogP contribution in [-0.4, -0.2) is 43.4 Å². The molecule has 0 heterocycles. The van der Waals surface area contributed by atoms with Crippen LogP contribution >= 0.6 is 0 Å². The molecule has 0 radical (unpaired) electrons. The number of aliphatic carboxylic acids is 1. The molecule has 0 aliphatic heterocycles. The molecule has 1 amide bonds. The smallest absolute Gasteiger partial charge is 0.307 e. The highest BCUT2D eigenvalue weighted by Gasteiger charge is 2.15. The molecule has 0 spiro atoms. The van der Waals surface area contributed by atoms with Crippen LogP contribution < -0.4 is 14.9 Å². The van der Waals surface area contributed by atoms with E-state index in [1.807, 2.05) is 33.0 Å². The van der Waals surface area contributed by atoms with Gasteiger partial charge in [0.2, 0.25) is 5.91 Å². The van der Waals surface area contributed by atoms with Crippen molar-refractivity contribution in [2.24, 2.45) is 0 Å². The monoisotopic (exact) mass is 369 g/mol. The average Bonchev–Trinajstić information content (AvgIpc) is 2.61. The summed E-state index contributed by atoms with van der Waals surface area (Å²) >= 11 is 0. The van der Waals surface area contributed by atoms with Gasteiger partial charge in [-0.25, -0.2) is 0 Å². The Balaban J connectivity index is 2.39. The number of rotatable bonds is 8. The lowest BCUT2D eigenvalue weighted by Crippen LogP contribution is -2.28. The number of hydrogen-bond acceptors (Lipinski definition) is 4. The number of carboxylic acid groups (broad SMARTS) is 1. The molecule has 0 aliphatic rings. The van der Waals surface area contributed by atoms with E-state index >= 15 is 0 Å². The van der Waals surface area contributed by atoms with Crippen molar-refractivity contribution in [3.63, 3.8) is 0 Å². The van der Waals surface area contributed by atoms with Gasteiger partial charge in [-0.1, -0.05) is 23.7 Å². The Morgan fingerprint density at radius 2 is 1.81 bits per heavy atom. The minimum Gasteiger partial charge on any atom is -0.493 e. The number of nitrogens with zero attached hydrogens (tertiary/aromatic N) is 1. The lowest BCUT2D eigenvalue weighted by Gasteiger charge is -2.21. The number of ether oxygens (including phenoxy) is 2. The summed E-state index contributed by atoms with van der Waals surface area (Å²) in [6, 6.07) is 10.8. The van der Waals surface area contributed by atoms with Crippen LogP contribution in [-0.2, 0) is 22.6 Å². The van der Waals surface area contributed by atoms with Gasteiger partial charge in [-0.15, -0.1) is 0 Å². The summed E-state index contributed by atoms with van der Waals surface area (Å²) in [5.41, 5.74) is 2.55. The molecular formula is C20H24BNO5. The average molecular weight is 369 g/mol. The zero-order valence-corrected chi connectivity index (χ0v) is 16.1. The fourth-order valence-corrected chi connectivity index (χ4v) is 2.79. The van der Waals surface area contributed by atoms with Crippen LogP contribution in [0.1, 0.15) is 25.0 Å². The van der Waals surface area contributed by atoms with Gasteiger partial charge in [0.1, 0.15) is 13.6 Å². The van der Waals surface area contributed by atoms with Crippen LogP contribution in [0.25, 0.3) is 0 Å². The molecule has 0 aliphatic carbocycles. The fourth-order valence-electron chi connectivity index (χ4n) is 2.79. The Bertz CT molecular complexity index is 837. The van der Waals surface area contributed by atoms with E-state index in [4.69, 9.17) is 14.6 Å². The van der Waals surface area contributed by atoms with Crippen molar-refractivity contribution in [1.82, 2.24) is 4.90 Å². The molecule has 0 atom stereocenters. The fraction of sp³-hybridized carbons (Fsp3) is 0.300. The van der Waals surface area contributed by atoms with Gasteiger partial charge in [0.05, 0.1) is 13.5 Å². The summed E-state index contributed by atoms with van der Waals surface area (Å²) in [6.07, 6.45) is -0.102. The first-order valence-corrected chi connectivity index (χ1v) is 8.75. The molecule has 0 saturated heterocycles. The van der Waals surface area contributed by atoms with Gasteiger partial charge in [0.25, 0.3) is 0 Å². The first-order valence-electron chi connectivity index (χ1n) is 8.75. The van der Waals surface area contributed by atoms with Crippen molar-refractivity contribution < 1.29 is 24.2 Å². The minimum absolute atomic E-state index is 0.00834. The molecule has 1 N–H and O–H groups in total. The predicted octanol–water partition coefficient (Wildman–Crippen LogP) is 1.74. The van der Waals surface area contributed by atoms with Gasteiger partial charge in [0, 0.05) is 25.6 Å². The van der Waals surface area contributed by atoms with Crippen molar-refractivity contribution in [2.75, 3.05) is 13.7 Å². The topological polar surface area (TPSA) is 76.1 Å². The largest absolute Gasteiger partial charge is 0.493 e. The molecule has 0 unspecified atom stereocenters. The summed E-state index contributed by atoms with van der Waals surface area (Å²) in [7, 11) is 3.51. The molecule has 0 fully saturated rings. The zero-order chi connectivity index (χ0) is 20.0. The SMILES string of the molecule is Bc1ccc(Oc2cc(CC(=O)O)ccc2OC)c(CN(CC)C(C)=O)c1. The zero-order valence-electron chi connectivity index (χ0n) is 16.1. The third-order valence-corrected chi connectivity index (χ3v) is 4.21. The van der Waals surface area contributed by atoms with Crippen molar-refractivity contribution in [1.29, 1.82) is 0 Å². The summed E-state index contributed by atoms with van der Waals surface area (Å²) in [4.78, 5) is 24.5. The second-order valence-electron chi connectivity index (χ2n) is 6.30. The molecule has 2 rings (SSSR count). The Hall–Kier alpha value is -2.96. The third kappa shape index (κ3) is 5.51. The summed E-state index contributed by atoms with van der Waals surface area (Å²) < 4.78 is 11.4. The quantitative estimate of drug-likeness (QED) is 0.718. The van der Waals surface area contributed by atoms with E-state index in [0.29, 0.717) is 35.9 Å². The van der Waals surface area contributed by atoms with Gasteiger partial charge >= 0.3 is 5.97 Å². The van der Waals surface area contributed by atoms with Gasteiger partial charge in [-0.3, -0.25) is 9.59 Å². The van der Waals surface area contributed by atoms with Crippen LogP contribution in [0.2, 0.25) is 0 Å². The maximum absolute atomic E-state index is 11.8. The first kappa shape index (κ1) is 20.4. The summed E-state index contributed by atoms with van der Waals surface area (Å²) in [6.45, 7) is 4.49. The van der Waals surface area contributed by atoms with E-state index in [2.05, 4.69) is 0 Å². The van der Waals surface area contributed by atoms with Crippen molar-refractivity contribution in [3.8, 4) is 17.2 Å². The lowest BCUT2D eigenvalue weighted by atomic mass is 9.94. The van der Waals surface area contributed by atoms with E-state index in [0.717, 1.165) is 11.0 Å². The van der Waals surface area contributed by atoms with Crippen LogP contribution in [0.5, 0.6) is 17.2 Å². The Morgan fingerprint density at radius 1 is 1.11 bits per heavy atom. The number of methoxy groups -OCH3 is 1. The standard InChI is InChI=1S/C20H24BNO5/c1-4-22(13(2)23)12-15-11-16(21)6-8-17(15)27-19-9-14(10-20(24)25)5-7-18(19)26-3/h5-9,11H,4,10,12,21H2,1-3H3,(H,24,25). The minimum atomic E-state index is -0.915. The number of amides is 1. The normalized spacial score (nSPS) is 10.3. The molecule has 27 heavy (non-hydrogen) atoms. The summed E-state index contributed by atoms with van der Waals surface area (Å²) in [5.74, 6) is 0.626. The van der Waals surface area contributed by atoms with Crippen molar-refractivity contribution in [2.45, 2.75) is 26.8 Å². The van der Waals surface area contributed by atoms with Crippen LogP contribution in [0.3, 0.4) is 0 Å². The maximum atomic E-state index is 11.8. The number of carboxylic acids is 1. The molecule has 7 heteroatoms. The lowest BCUT2D eigenvalue weighted by molar-refractivity contribution is -0.136. The highest BCUT2D eigenvalue weighted by atomic mass is 16.5. The highest BCUT2D eigenvalue weighted by Crippen LogP contribution is 2.34. The van der Waals surface area contributed by atoms with Gasteiger partial charge < -0.3 is 19.5 Å². The Labute approximate surface area is 160 Å². The van der Waals surface area contributed by atoms with Crippen molar-refractivity contribution in [3.05, 3.63) is 47.5 Å². The Morgan fingerprint density at radius 3 is 2.41 bits per heavy atom. The van der Waals surface area contributed by atoms with Crippen molar-refractivity contribution >= 4 is 25.2 Å². The molecule has 2 aromatic carbocycles. The van der Waals surface area contributed by atoms with E-state index < -0.39 is 5.97 Å². The van der Waals surface area contributed by atoms with Gasteiger partial charge in [0.15, 0.2) is 11.5 Å². The molecule has 2 aromatic rings. The first-order chi connectivity index (χ1) is 12.8. The highest BCUT2D eigenvalue weighted by molar-refractivity contribution is 6.32. The van der Waals surface area contributed by atoms with E-state index in [-0.39, 0.29) is 12.3 Å². The van der Waals surface area contributed by atoms with E-state index in [1.54, 1.807) is 23.1 Å². The van der Waals surface area contributed by atoms with Gasteiger partial charge in [-0.05, 0) is 30.7 Å². The second-order valence-corrected chi connectivity index (χ2v) is 6.30. The molecule has 142 valence electrons. The molecule has 0 saturated carbocycles. The predicted molar refractivity (Wildman–Crippen MR) is 106 cm³/mol. The second kappa shape index (κ2) is 9.12. The number of hydrogen-bond donors (Lipinski definition) is 1. The number of benzene rings is 2. The summed E-state index contributed by atoms with van der Waals surface area (Å²) in [5, 5.41) is 9.02. The van der Waals surface area contributed by atoms with Crippen LogP contribution in [0.4, 0.5) is 0 Å². The molecule has 0 bridgehead atoms. The van der Waals surface area contributed by atoms with Crippen LogP contribution in [0.15, 0.2) is 36.4 Å². The number of carbonyl (C=O) groups excluding carboxylic acids is 1. The van der Waals surface area contributed by atoms with E-state index in [9.17, 15) is 9.59 Å². The van der Waals surface area contributed by atoms with E-state index in [1.165, 1.54) is 14.0 Å². The molecule has 0 aromatic heterocycles.